The van der Waals surface area contributed by atoms with Crippen LogP contribution in [0.25, 0.3) is 21.7 Å². The lowest BCUT2D eigenvalue weighted by molar-refractivity contribution is 0.314. The minimum atomic E-state index is -3.81. The zero-order valence-electron chi connectivity index (χ0n) is 17.3. The number of aromatic nitrogens is 2. The second-order valence-corrected chi connectivity index (χ2v) is 9.00. The van der Waals surface area contributed by atoms with E-state index < -0.39 is 9.84 Å². The molecule has 4 aromatic rings. The van der Waals surface area contributed by atoms with Gasteiger partial charge in [0.1, 0.15) is 12.4 Å². The zero-order chi connectivity index (χ0) is 21.0. The van der Waals surface area contributed by atoms with Crippen LogP contribution >= 0.6 is 12.4 Å². The van der Waals surface area contributed by atoms with E-state index in [2.05, 4.69) is 22.4 Å². The largest absolute Gasteiger partial charge is 0.492 e. The van der Waals surface area contributed by atoms with Crippen molar-refractivity contribution in [2.45, 2.75) is 29.7 Å². The number of sulfone groups is 1. The third-order valence-electron chi connectivity index (χ3n) is 5.05. The summed E-state index contributed by atoms with van der Waals surface area (Å²) in [6.45, 7) is 4.37. The van der Waals surface area contributed by atoms with Gasteiger partial charge in [0, 0.05) is 17.3 Å². The summed E-state index contributed by atoms with van der Waals surface area (Å²) < 4.78 is 32.7. The van der Waals surface area contributed by atoms with Crippen LogP contribution in [0.2, 0.25) is 0 Å². The van der Waals surface area contributed by atoms with Gasteiger partial charge in [-0.2, -0.15) is 5.10 Å². The lowest BCUT2D eigenvalue weighted by Crippen LogP contribution is -2.21. The van der Waals surface area contributed by atoms with Crippen LogP contribution in [0.15, 0.2) is 70.6 Å². The molecule has 164 valence electrons. The number of aromatic amines is 1. The topological polar surface area (TPSA) is 84.1 Å². The van der Waals surface area contributed by atoms with Crippen molar-refractivity contribution in [2.24, 2.45) is 0 Å². The Morgan fingerprint density at radius 2 is 1.81 bits per heavy atom. The number of fused-ring (bicyclic) bond motifs is 2. The number of ether oxygens (including phenoxy) is 1. The smallest absolute Gasteiger partial charge is 0.226 e. The van der Waals surface area contributed by atoms with Crippen molar-refractivity contribution in [1.29, 1.82) is 0 Å². The number of nitrogens with one attached hydrogen (secondary N) is 2. The van der Waals surface area contributed by atoms with Gasteiger partial charge in [-0.1, -0.05) is 49.7 Å². The lowest BCUT2D eigenvalue weighted by atomic mass is 10.1. The van der Waals surface area contributed by atoms with Crippen molar-refractivity contribution in [1.82, 2.24) is 15.5 Å². The van der Waals surface area contributed by atoms with Gasteiger partial charge in [0.2, 0.25) is 9.84 Å². The maximum absolute atomic E-state index is 13.5. The van der Waals surface area contributed by atoms with E-state index in [-0.39, 0.29) is 22.3 Å². The Kier molecular flexibility index (Phi) is 7.54. The quantitative estimate of drug-likeness (QED) is 0.353. The minimum Gasteiger partial charge on any atom is -0.492 e. The molecule has 0 aliphatic carbocycles. The van der Waals surface area contributed by atoms with Gasteiger partial charge in [-0.05, 0) is 42.6 Å². The summed E-state index contributed by atoms with van der Waals surface area (Å²) in [5.41, 5.74) is 0.655. The van der Waals surface area contributed by atoms with E-state index in [1.807, 2.05) is 36.4 Å². The normalized spacial score (nSPS) is 11.5. The SMILES string of the molecule is CCCCNCCOc1ccc2[nH]nc(S(=O)(=O)c3cccc4ccccc34)c2c1.Cl. The number of unbranched alkanes of at least 4 members (excludes halogenated alkanes) is 1. The van der Waals surface area contributed by atoms with Crippen molar-refractivity contribution >= 4 is 43.9 Å². The van der Waals surface area contributed by atoms with Gasteiger partial charge in [-0.25, -0.2) is 8.42 Å². The van der Waals surface area contributed by atoms with E-state index in [0.29, 0.717) is 28.6 Å². The summed E-state index contributed by atoms with van der Waals surface area (Å²) in [5, 5.41) is 12.4. The summed E-state index contributed by atoms with van der Waals surface area (Å²) >= 11 is 0. The summed E-state index contributed by atoms with van der Waals surface area (Å²) in [4.78, 5) is 0.250. The molecule has 0 aliphatic heterocycles. The first-order chi connectivity index (χ1) is 14.6. The fourth-order valence-electron chi connectivity index (χ4n) is 3.47. The van der Waals surface area contributed by atoms with Crippen molar-refractivity contribution in [3.05, 3.63) is 60.7 Å². The van der Waals surface area contributed by atoms with Gasteiger partial charge < -0.3 is 10.1 Å². The van der Waals surface area contributed by atoms with Crippen LogP contribution in [-0.4, -0.2) is 38.3 Å². The van der Waals surface area contributed by atoms with Gasteiger partial charge in [0.15, 0.2) is 5.03 Å². The average Bonchev–Trinajstić information content (AvgIpc) is 3.20. The molecule has 0 radical (unpaired) electrons. The Labute approximate surface area is 188 Å². The highest BCUT2D eigenvalue weighted by Crippen LogP contribution is 2.32. The van der Waals surface area contributed by atoms with Crippen LogP contribution in [0.5, 0.6) is 5.75 Å². The molecule has 0 aliphatic rings. The molecule has 0 fully saturated rings. The van der Waals surface area contributed by atoms with E-state index in [1.165, 1.54) is 0 Å². The fraction of sp³-hybridized carbons (Fsp3) is 0.261. The molecule has 0 unspecified atom stereocenters. The molecule has 4 rings (SSSR count). The average molecular weight is 460 g/mol. The molecule has 1 heterocycles. The predicted molar refractivity (Wildman–Crippen MR) is 126 cm³/mol. The first-order valence-corrected chi connectivity index (χ1v) is 11.6. The maximum atomic E-state index is 13.5. The highest BCUT2D eigenvalue weighted by molar-refractivity contribution is 7.91. The molecule has 0 amide bonds. The van der Waals surface area contributed by atoms with Crippen molar-refractivity contribution in [3.8, 4) is 5.75 Å². The number of halogens is 1. The molecular formula is C23H26ClN3O3S. The first kappa shape index (κ1) is 23.1. The molecular weight excluding hydrogens is 434 g/mol. The summed E-state index contributed by atoms with van der Waals surface area (Å²) in [6.07, 6.45) is 2.29. The number of H-pyrrole nitrogens is 1. The van der Waals surface area contributed by atoms with Gasteiger partial charge in [-0.3, -0.25) is 5.10 Å². The first-order valence-electron chi connectivity index (χ1n) is 10.2. The Morgan fingerprint density at radius 3 is 2.65 bits per heavy atom. The van der Waals surface area contributed by atoms with E-state index >= 15 is 0 Å². The highest BCUT2D eigenvalue weighted by Gasteiger charge is 2.25. The van der Waals surface area contributed by atoms with Crippen LogP contribution in [0.1, 0.15) is 19.8 Å². The molecule has 0 bridgehead atoms. The molecule has 6 nitrogen and oxygen atoms in total. The van der Waals surface area contributed by atoms with Gasteiger partial charge in [-0.15, -0.1) is 12.4 Å². The molecule has 31 heavy (non-hydrogen) atoms. The number of nitrogens with zero attached hydrogens (tertiary/aromatic N) is 1. The number of rotatable bonds is 9. The third-order valence-corrected chi connectivity index (χ3v) is 6.80. The van der Waals surface area contributed by atoms with Crippen LogP contribution < -0.4 is 10.1 Å². The summed E-state index contributed by atoms with van der Waals surface area (Å²) in [6, 6.07) is 18.1. The van der Waals surface area contributed by atoms with E-state index in [9.17, 15) is 8.42 Å². The van der Waals surface area contributed by atoms with Crippen LogP contribution in [0.4, 0.5) is 0 Å². The van der Waals surface area contributed by atoms with Crippen molar-refractivity contribution in [3.63, 3.8) is 0 Å². The van der Waals surface area contributed by atoms with Crippen LogP contribution in [0, 0.1) is 0 Å². The summed E-state index contributed by atoms with van der Waals surface area (Å²) in [7, 11) is -3.81. The highest BCUT2D eigenvalue weighted by atomic mass is 35.5. The number of hydrogen-bond donors (Lipinski definition) is 2. The maximum Gasteiger partial charge on any atom is 0.226 e. The monoisotopic (exact) mass is 459 g/mol. The zero-order valence-corrected chi connectivity index (χ0v) is 18.9. The molecule has 3 aromatic carbocycles. The molecule has 0 spiro atoms. The molecule has 8 heteroatoms. The van der Waals surface area contributed by atoms with E-state index in [1.54, 1.807) is 24.3 Å². The van der Waals surface area contributed by atoms with Crippen LogP contribution in [0.3, 0.4) is 0 Å². The second-order valence-electron chi connectivity index (χ2n) is 7.17. The molecule has 0 saturated carbocycles. The Hall–Kier alpha value is -2.61. The van der Waals surface area contributed by atoms with Crippen LogP contribution in [-0.2, 0) is 9.84 Å². The van der Waals surface area contributed by atoms with Gasteiger partial charge >= 0.3 is 0 Å². The Morgan fingerprint density at radius 1 is 1.00 bits per heavy atom. The number of benzene rings is 3. The van der Waals surface area contributed by atoms with Crippen molar-refractivity contribution in [2.75, 3.05) is 19.7 Å². The fourth-order valence-corrected chi connectivity index (χ4v) is 5.03. The standard InChI is InChI=1S/C23H25N3O3S.ClH/c1-2-3-13-24-14-15-29-18-11-12-21-20(16-18)23(26-25-21)30(27,28)22-10-6-8-17-7-4-5-9-19(17)22;/h4-12,16,24H,2-3,13-15H2,1H3,(H,25,26);1H. The van der Waals surface area contributed by atoms with Crippen molar-refractivity contribution < 1.29 is 13.2 Å². The predicted octanol–water partition coefficient (Wildman–Crippen LogP) is 4.74. The second kappa shape index (κ2) is 10.1. The Bertz CT molecular complexity index is 1270. The third kappa shape index (κ3) is 4.84. The van der Waals surface area contributed by atoms with Gasteiger partial charge in [0.05, 0.1) is 10.4 Å². The Balaban J connectivity index is 0.00000272. The minimum absolute atomic E-state index is 0. The molecule has 1 aromatic heterocycles. The molecule has 0 saturated heterocycles. The van der Waals surface area contributed by atoms with E-state index in [4.69, 9.17) is 4.74 Å². The van der Waals surface area contributed by atoms with Gasteiger partial charge in [0.25, 0.3) is 0 Å². The molecule has 2 N–H and O–H groups in total. The number of hydrogen-bond acceptors (Lipinski definition) is 5. The lowest BCUT2D eigenvalue weighted by Gasteiger charge is -2.08. The molecule has 0 atom stereocenters. The van der Waals surface area contributed by atoms with E-state index in [0.717, 1.165) is 31.3 Å². The summed E-state index contributed by atoms with van der Waals surface area (Å²) in [5.74, 6) is 0.621.